The number of ether oxygens (including phenoxy) is 1. The first kappa shape index (κ1) is 19.6. The summed E-state index contributed by atoms with van der Waals surface area (Å²) in [5, 5.41) is 4.70. The number of amides is 1. The van der Waals surface area contributed by atoms with Crippen LogP contribution in [0.25, 0.3) is 10.9 Å². The quantitative estimate of drug-likeness (QED) is 0.717. The topological polar surface area (TPSA) is 98.6 Å². The highest BCUT2D eigenvalue weighted by Gasteiger charge is 2.34. The largest absolute Gasteiger partial charge is 0.442 e. The average Bonchev–Trinajstić information content (AvgIpc) is 3.07. The van der Waals surface area contributed by atoms with Crippen molar-refractivity contribution in [1.29, 1.82) is 0 Å². The monoisotopic (exact) mass is 413 g/mol. The van der Waals surface area contributed by atoms with Gasteiger partial charge in [0.15, 0.2) is 0 Å². The minimum atomic E-state index is -3.69. The van der Waals surface area contributed by atoms with Gasteiger partial charge in [-0.1, -0.05) is 6.07 Å². The van der Waals surface area contributed by atoms with Gasteiger partial charge in [-0.05, 0) is 32.9 Å². The van der Waals surface area contributed by atoms with Crippen molar-refractivity contribution in [3.05, 3.63) is 24.4 Å². The van der Waals surface area contributed by atoms with E-state index >= 15 is 0 Å². The van der Waals surface area contributed by atoms with Crippen LogP contribution < -0.4 is 4.90 Å². The highest BCUT2D eigenvalue weighted by molar-refractivity contribution is 8.13. The summed E-state index contributed by atoms with van der Waals surface area (Å²) in [6.45, 7) is 5.52. The van der Waals surface area contributed by atoms with Gasteiger partial charge < -0.3 is 9.64 Å². The third kappa shape index (κ3) is 4.41. The lowest BCUT2D eigenvalue weighted by Gasteiger charge is -2.19. The van der Waals surface area contributed by atoms with E-state index in [1.165, 1.54) is 11.1 Å². The van der Waals surface area contributed by atoms with Crippen LogP contribution in [0.5, 0.6) is 0 Å². The molecule has 10 heteroatoms. The number of aromatic nitrogens is 2. The van der Waals surface area contributed by atoms with Crippen LogP contribution in [0.1, 0.15) is 27.2 Å². The van der Waals surface area contributed by atoms with E-state index in [0.717, 1.165) is 4.68 Å². The lowest BCUT2D eigenvalue weighted by molar-refractivity contribution is -0.117. The van der Waals surface area contributed by atoms with Crippen molar-refractivity contribution >= 4 is 48.3 Å². The number of fused-ring (bicyclic) bond motifs is 1. The van der Waals surface area contributed by atoms with Crippen molar-refractivity contribution < 1.29 is 22.7 Å². The van der Waals surface area contributed by atoms with E-state index in [0.29, 0.717) is 16.6 Å². The molecule has 1 amide bonds. The summed E-state index contributed by atoms with van der Waals surface area (Å²) in [4.78, 5) is 26.3. The second-order valence-electron chi connectivity index (χ2n) is 7.53. The van der Waals surface area contributed by atoms with E-state index in [9.17, 15) is 18.0 Å². The van der Waals surface area contributed by atoms with E-state index in [1.54, 1.807) is 39.0 Å². The molecule has 0 spiro atoms. The number of hydrogen-bond acceptors (Lipinski definition) is 6. The summed E-state index contributed by atoms with van der Waals surface area (Å²) < 4.78 is 29.1. The molecule has 1 aliphatic heterocycles. The maximum absolute atomic E-state index is 12.4. The van der Waals surface area contributed by atoms with Crippen molar-refractivity contribution in [2.75, 3.05) is 17.2 Å². The molecule has 1 aromatic heterocycles. The Morgan fingerprint density at radius 3 is 2.70 bits per heavy atom. The molecule has 27 heavy (non-hydrogen) atoms. The average molecular weight is 414 g/mol. The number of halogens is 1. The molecule has 1 saturated heterocycles. The van der Waals surface area contributed by atoms with Crippen LogP contribution in [-0.2, 0) is 18.6 Å². The predicted octanol–water partition coefficient (Wildman–Crippen LogP) is 2.74. The first-order chi connectivity index (χ1) is 12.4. The van der Waals surface area contributed by atoms with Crippen molar-refractivity contribution in [1.82, 2.24) is 9.78 Å². The molecule has 0 N–H and O–H groups in total. The van der Waals surface area contributed by atoms with Crippen LogP contribution in [0, 0.1) is 5.92 Å². The number of hydrogen-bond donors (Lipinski definition) is 0. The van der Waals surface area contributed by atoms with Gasteiger partial charge in [0.1, 0.15) is 5.60 Å². The molecule has 2 aromatic rings. The van der Waals surface area contributed by atoms with Gasteiger partial charge in [-0.25, -0.2) is 13.2 Å². The second kappa shape index (κ2) is 6.79. The molecular formula is C17H20ClN3O5S. The molecule has 1 fully saturated rings. The van der Waals surface area contributed by atoms with E-state index < -0.39 is 20.7 Å². The van der Waals surface area contributed by atoms with Crippen LogP contribution in [0.2, 0.25) is 0 Å². The molecule has 8 nitrogen and oxygen atoms in total. The molecule has 0 saturated carbocycles. The Labute approximate surface area is 161 Å². The molecule has 2 heterocycles. The van der Waals surface area contributed by atoms with Crippen LogP contribution in [0.3, 0.4) is 0 Å². The maximum Gasteiger partial charge on any atom is 0.435 e. The van der Waals surface area contributed by atoms with Gasteiger partial charge in [-0.3, -0.25) is 4.79 Å². The van der Waals surface area contributed by atoms with E-state index in [4.69, 9.17) is 15.4 Å². The Kier molecular flexibility index (Phi) is 4.94. The van der Waals surface area contributed by atoms with Crippen molar-refractivity contribution in [2.45, 2.75) is 32.8 Å². The van der Waals surface area contributed by atoms with Gasteiger partial charge in [-0.2, -0.15) is 9.78 Å². The Hall–Kier alpha value is -2.13. The normalized spacial score (nSPS) is 18.3. The second-order valence-corrected chi connectivity index (χ2v) is 10.3. The fraction of sp³-hybridized carbons (Fsp3) is 0.471. The summed E-state index contributed by atoms with van der Waals surface area (Å²) in [6, 6.07) is 5.15. The first-order valence-corrected chi connectivity index (χ1v) is 10.9. The number of rotatable bonds is 3. The van der Waals surface area contributed by atoms with Crippen molar-refractivity contribution in [3.63, 3.8) is 0 Å². The highest BCUT2D eigenvalue weighted by Crippen LogP contribution is 2.32. The number of nitrogens with zero attached hydrogens (tertiary/aromatic N) is 3. The molecular weight excluding hydrogens is 394 g/mol. The molecule has 1 aliphatic rings. The third-order valence-corrected chi connectivity index (χ3v) is 5.34. The molecule has 0 radical (unpaired) electrons. The number of carbonyl (C=O) groups is 2. The fourth-order valence-electron chi connectivity index (χ4n) is 3.13. The zero-order valence-corrected chi connectivity index (χ0v) is 16.7. The SMILES string of the molecule is CC(C)(C)OC(=O)n1ncc2c(N3CC(CS(=O)(=O)Cl)CC3=O)cccc21. The van der Waals surface area contributed by atoms with Crippen molar-refractivity contribution in [3.8, 4) is 0 Å². The van der Waals surface area contributed by atoms with E-state index in [1.807, 2.05) is 0 Å². The summed E-state index contributed by atoms with van der Waals surface area (Å²) in [5.74, 6) is -0.835. The van der Waals surface area contributed by atoms with Crippen LogP contribution in [0.4, 0.5) is 10.5 Å². The zero-order chi connectivity index (χ0) is 20.0. The lowest BCUT2D eigenvalue weighted by atomic mass is 10.1. The summed E-state index contributed by atoms with van der Waals surface area (Å²) in [5.41, 5.74) is 0.405. The van der Waals surface area contributed by atoms with Gasteiger partial charge in [0.05, 0.1) is 23.2 Å². The molecule has 146 valence electrons. The smallest absolute Gasteiger partial charge is 0.435 e. The Morgan fingerprint density at radius 1 is 1.37 bits per heavy atom. The third-order valence-electron chi connectivity index (χ3n) is 4.09. The van der Waals surface area contributed by atoms with Crippen LogP contribution in [-0.4, -0.2) is 48.1 Å². The van der Waals surface area contributed by atoms with Gasteiger partial charge in [0.2, 0.25) is 15.0 Å². The number of carbonyl (C=O) groups excluding carboxylic acids is 2. The Bertz CT molecular complexity index is 1010. The highest BCUT2D eigenvalue weighted by atomic mass is 35.7. The standard InChI is InChI=1S/C17H20ClN3O5S/c1-17(2,3)26-16(23)21-14-6-4-5-13(12(14)8-19-21)20-9-11(7-15(20)22)10-27(18,24)25/h4-6,8,11H,7,9-10H2,1-3H3. The summed E-state index contributed by atoms with van der Waals surface area (Å²) in [6.07, 6.45) is 0.976. The summed E-state index contributed by atoms with van der Waals surface area (Å²) >= 11 is 0. The Morgan fingerprint density at radius 2 is 2.07 bits per heavy atom. The van der Waals surface area contributed by atoms with E-state index in [2.05, 4.69) is 5.10 Å². The predicted molar refractivity (Wildman–Crippen MR) is 101 cm³/mol. The van der Waals surface area contributed by atoms with Crippen LogP contribution >= 0.6 is 10.7 Å². The van der Waals surface area contributed by atoms with Crippen molar-refractivity contribution in [2.24, 2.45) is 5.92 Å². The van der Waals surface area contributed by atoms with Gasteiger partial charge in [0, 0.05) is 35.0 Å². The Balaban J connectivity index is 1.93. The minimum Gasteiger partial charge on any atom is -0.442 e. The van der Waals surface area contributed by atoms with Gasteiger partial charge in [-0.15, -0.1) is 0 Å². The minimum absolute atomic E-state index is 0.0997. The molecule has 0 aliphatic carbocycles. The molecule has 1 atom stereocenters. The van der Waals surface area contributed by atoms with Crippen LogP contribution in [0.15, 0.2) is 24.4 Å². The fourth-order valence-corrected chi connectivity index (χ4v) is 4.45. The number of anilines is 1. The molecule has 1 aromatic carbocycles. The lowest BCUT2D eigenvalue weighted by Crippen LogP contribution is -2.27. The van der Waals surface area contributed by atoms with E-state index in [-0.39, 0.29) is 30.5 Å². The molecule has 0 bridgehead atoms. The molecule has 1 unspecified atom stereocenters. The number of benzene rings is 1. The molecule has 3 rings (SSSR count). The van der Waals surface area contributed by atoms with Gasteiger partial charge >= 0.3 is 6.09 Å². The van der Waals surface area contributed by atoms with Gasteiger partial charge in [0.25, 0.3) is 0 Å². The first-order valence-electron chi connectivity index (χ1n) is 8.37. The summed E-state index contributed by atoms with van der Waals surface area (Å²) in [7, 11) is 1.63. The maximum atomic E-state index is 12.4. The zero-order valence-electron chi connectivity index (χ0n) is 15.2.